The third-order valence-corrected chi connectivity index (χ3v) is 4.63. The second-order valence-corrected chi connectivity index (χ2v) is 8.60. The van der Waals surface area contributed by atoms with Crippen LogP contribution in [0, 0.1) is 5.41 Å². The molecule has 1 fully saturated rings. The maximum Gasteiger partial charge on any atom is 0.0535 e. The minimum atomic E-state index is 0.0503. The van der Waals surface area contributed by atoms with E-state index in [1.807, 2.05) is 0 Å². The maximum atomic E-state index is 3.74. The van der Waals surface area contributed by atoms with E-state index in [1.165, 1.54) is 12.0 Å². The number of piperazine rings is 1. The van der Waals surface area contributed by atoms with Crippen LogP contribution in [0.15, 0.2) is 30.3 Å². The van der Waals surface area contributed by atoms with Gasteiger partial charge in [-0.15, -0.1) is 0 Å². The Morgan fingerprint density at radius 2 is 1.71 bits per heavy atom. The Hall–Kier alpha value is -0.860. The first kappa shape index (κ1) is 16.5. The second kappa shape index (κ2) is 5.73. The average molecular weight is 288 g/mol. The van der Waals surface area contributed by atoms with E-state index in [1.54, 1.807) is 0 Å². The Morgan fingerprint density at radius 1 is 1.10 bits per heavy atom. The third-order valence-electron chi connectivity index (χ3n) is 4.63. The molecule has 1 aromatic rings. The zero-order valence-electron chi connectivity index (χ0n) is 14.7. The fraction of sp³-hybridized carbons (Fsp3) is 0.684. The van der Waals surface area contributed by atoms with Crippen molar-refractivity contribution in [3.05, 3.63) is 35.9 Å². The number of hydrogen-bond donors (Lipinski definition) is 1. The predicted octanol–water partition coefficient (Wildman–Crippen LogP) is 4.02. The van der Waals surface area contributed by atoms with Crippen LogP contribution in [-0.2, 0) is 5.54 Å². The predicted molar refractivity (Wildman–Crippen MR) is 91.5 cm³/mol. The summed E-state index contributed by atoms with van der Waals surface area (Å²) in [5, 5.41) is 3.74. The van der Waals surface area contributed by atoms with Crippen LogP contribution in [0.25, 0.3) is 0 Å². The molecule has 0 bridgehead atoms. The molecular formula is C19H32N2. The molecule has 0 spiro atoms. The van der Waals surface area contributed by atoms with Gasteiger partial charge in [0, 0.05) is 25.2 Å². The fourth-order valence-electron chi connectivity index (χ4n) is 3.91. The molecule has 2 rings (SSSR count). The van der Waals surface area contributed by atoms with Crippen LogP contribution < -0.4 is 5.32 Å². The number of nitrogens with zero attached hydrogens (tertiary/aromatic N) is 1. The topological polar surface area (TPSA) is 15.3 Å². The summed E-state index contributed by atoms with van der Waals surface area (Å²) in [7, 11) is 0. The minimum absolute atomic E-state index is 0.0503. The van der Waals surface area contributed by atoms with Crippen molar-refractivity contribution in [1.82, 2.24) is 10.2 Å². The smallest absolute Gasteiger partial charge is 0.0535 e. The van der Waals surface area contributed by atoms with Crippen LogP contribution in [0.4, 0.5) is 0 Å². The third kappa shape index (κ3) is 4.08. The highest BCUT2D eigenvalue weighted by atomic mass is 15.3. The van der Waals surface area contributed by atoms with E-state index in [4.69, 9.17) is 0 Å². The molecule has 0 amide bonds. The van der Waals surface area contributed by atoms with Crippen molar-refractivity contribution in [1.29, 1.82) is 0 Å². The summed E-state index contributed by atoms with van der Waals surface area (Å²) < 4.78 is 0. The molecule has 1 heterocycles. The summed E-state index contributed by atoms with van der Waals surface area (Å²) in [4.78, 5) is 2.67. The molecule has 1 aliphatic rings. The summed E-state index contributed by atoms with van der Waals surface area (Å²) in [6.45, 7) is 17.4. The summed E-state index contributed by atoms with van der Waals surface area (Å²) in [5.41, 5.74) is 2.03. The molecule has 21 heavy (non-hydrogen) atoms. The van der Waals surface area contributed by atoms with Crippen LogP contribution in [0.3, 0.4) is 0 Å². The lowest BCUT2D eigenvalue weighted by Gasteiger charge is -2.50. The average Bonchev–Trinajstić information content (AvgIpc) is 2.37. The largest absolute Gasteiger partial charge is 0.305 e. The fourth-order valence-corrected chi connectivity index (χ4v) is 3.91. The van der Waals surface area contributed by atoms with Gasteiger partial charge in [0.25, 0.3) is 0 Å². The van der Waals surface area contributed by atoms with Gasteiger partial charge >= 0.3 is 0 Å². The molecule has 2 nitrogen and oxygen atoms in total. The monoisotopic (exact) mass is 288 g/mol. The van der Waals surface area contributed by atoms with E-state index in [-0.39, 0.29) is 11.1 Å². The Balaban J connectivity index is 2.17. The maximum absolute atomic E-state index is 3.74. The first-order valence-electron chi connectivity index (χ1n) is 8.18. The van der Waals surface area contributed by atoms with Crippen molar-refractivity contribution in [2.75, 3.05) is 19.6 Å². The van der Waals surface area contributed by atoms with Gasteiger partial charge in [-0.3, -0.25) is 4.90 Å². The van der Waals surface area contributed by atoms with Gasteiger partial charge in [-0.25, -0.2) is 0 Å². The molecule has 1 atom stereocenters. The van der Waals surface area contributed by atoms with Crippen LogP contribution in [-0.4, -0.2) is 30.1 Å². The zero-order valence-corrected chi connectivity index (χ0v) is 14.7. The molecule has 2 heteroatoms. The van der Waals surface area contributed by atoms with Crippen molar-refractivity contribution < 1.29 is 0 Å². The van der Waals surface area contributed by atoms with Crippen LogP contribution in [0.2, 0.25) is 0 Å². The van der Waals surface area contributed by atoms with E-state index in [0.717, 1.165) is 19.6 Å². The van der Waals surface area contributed by atoms with E-state index in [0.29, 0.717) is 5.41 Å². The van der Waals surface area contributed by atoms with Gasteiger partial charge in [0.1, 0.15) is 0 Å². The number of rotatable bonds is 3. The molecule has 0 saturated carbocycles. The number of benzene rings is 1. The summed E-state index contributed by atoms with van der Waals surface area (Å²) in [5.74, 6) is 0. The Labute approximate surface area is 130 Å². The summed E-state index contributed by atoms with van der Waals surface area (Å²) in [6.07, 6.45) is 1.21. The normalized spacial score (nSPS) is 25.0. The second-order valence-electron chi connectivity index (χ2n) is 8.60. The SMILES string of the molecule is CC(C)(C)CC(C)(C)N1CCNC(C)(c2ccccc2)C1. The molecule has 0 radical (unpaired) electrons. The van der Waals surface area contributed by atoms with Crippen LogP contribution >= 0.6 is 0 Å². The minimum Gasteiger partial charge on any atom is -0.305 e. The van der Waals surface area contributed by atoms with Crippen LogP contribution in [0.1, 0.15) is 53.5 Å². The highest BCUT2D eigenvalue weighted by Crippen LogP contribution is 2.34. The molecule has 1 saturated heterocycles. The number of nitrogens with one attached hydrogen (secondary N) is 1. The van der Waals surface area contributed by atoms with Crippen molar-refractivity contribution in [3.63, 3.8) is 0 Å². The van der Waals surface area contributed by atoms with Crippen molar-refractivity contribution in [3.8, 4) is 0 Å². The molecule has 118 valence electrons. The van der Waals surface area contributed by atoms with Gasteiger partial charge in [-0.1, -0.05) is 51.1 Å². The van der Waals surface area contributed by atoms with Gasteiger partial charge < -0.3 is 5.32 Å². The first-order chi connectivity index (χ1) is 9.62. The van der Waals surface area contributed by atoms with Crippen molar-refractivity contribution in [2.45, 2.75) is 59.0 Å². The standard InChI is InChI=1S/C19H32N2/c1-17(2,3)14-18(4,5)21-13-12-20-19(6,15-21)16-10-8-7-9-11-16/h7-11,20H,12-15H2,1-6H3. The quantitative estimate of drug-likeness (QED) is 0.903. The van der Waals surface area contributed by atoms with Crippen LogP contribution in [0.5, 0.6) is 0 Å². The Bertz CT molecular complexity index is 458. The lowest BCUT2D eigenvalue weighted by atomic mass is 9.79. The van der Waals surface area contributed by atoms with E-state index in [9.17, 15) is 0 Å². The van der Waals surface area contributed by atoms with Gasteiger partial charge in [0.15, 0.2) is 0 Å². The molecule has 1 unspecified atom stereocenters. The molecule has 1 aromatic carbocycles. The van der Waals surface area contributed by atoms with E-state index < -0.39 is 0 Å². The zero-order chi connectivity index (χ0) is 15.7. The van der Waals surface area contributed by atoms with Gasteiger partial charge in [-0.05, 0) is 38.2 Å². The summed E-state index contributed by atoms with van der Waals surface area (Å²) in [6, 6.07) is 10.9. The van der Waals surface area contributed by atoms with E-state index >= 15 is 0 Å². The first-order valence-corrected chi connectivity index (χ1v) is 8.18. The lowest BCUT2D eigenvalue weighted by molar-refractivity contribution is 0.0253. The highest BCUT2D eigenvalue weighted by molar-refractivity contribution is 5.25. The molecular weight excluding hydrogens is 256 g/mol. The molecule has 0 aromatic heterocycles. The van der Waals surface area contributed by atoms with E-state index in [2.05, 4.69) is 82.1 Å². The molecule has 0 aliphatic carbocycles. The Kier molecular flexibility index (Phi) is 4.51. The van der Waals surface area contributed by atoms with Gasteiger partial charge in [0.05, 0.1) is 5.54 Å². The lowest BCUT2D eigenvalue weighted by Crippen LogP contribution is -2.62. The number of hydrogen-bond acceptors (Lipinski definition) is 2. The summed E-state index contributed by atoms with van der Waals surface area (Å²) >= 11 is 0. The van der Waals surface area contributed by atoms with Gasteiger partial charge in [-0.2, -0.15) is 0 Å². The van der Waals surface area contributed by atoms with Crippen molar-refractivity contribution >= 4 is 0 Å². The molecule has 1 aliphatic heterocycles. The molecule has 1 N–H and O–H groups in total. The van der Waals surface area contributed by atoms with Gasteiger partial charge in [0.2, 0.25) is 0 Å². The van der Waals surface area contributed by atoms with Crippen molar-refractivity contribution in [2.24, 2.45) is 5.41 Å². The highest BCUT2D eigenvalue weighted by Gasteiger charge is 2.39. The Morgan fingerprint density at radius 3 is 2.29 bits per heavy atom.